The third-order valence-electron chi connectivity index (χ3n) is 2.92. The van der Waals surface area contributed by atoms with Crippen LogP contribution in [-0.2, 0) is 4.79 Å². The van der Waals surface area contributed by atoms with E-state index in [2.05, 4.69) is 17.3 Å². The first-order valence-electron chi connectivity index (χ1n) is 4.20. The Morgan fingerprint density at radius 3 is 2.82 bits per heavy atom. The number of carbonyl (C=O) groups is 1. The lowest BCUT2D eigenvalue weighted by molar-refractivity contribution is -0.126. The monoisotopic (exact) mass is 154 g/mol. The van der Waals surface area contributed by atoms with Crippen molar-refractivity contribution in [3.63, 3.8) is 0 Å². The number of nitrogens with zero attached hydrogens (tertiary/aromatic N) is 1. The normalized spacial score (nSPS) is 38.5. The first kappa shape index (κ1) is 7.10. The topological polar surface area (TPSA) is 32.3 Å². The highest BCUT2D eigenvalue weighted by Gasteiger charge is 2.46. The minimum atomic E-state index is -0.00521. The van der Waals surface area contributed by atoms with Crippen molar-refractivity contribution in [3.05, 3.63) is 0 Å². The second-order valence-corrected chi connectivity index (χ2v) is 3.77. The highest BCUT2D eigenvalue weighted by molar-refractivity contribution is 5.85. The van der Waals surface area contributed by atoms with Gasteiger partial charge in [-0.05, 0) is 26.4 Å². The maximum Gasteiger partial charge on any atom is 0.227 e. The first-order valence-corrected chi connectivity index (χ1v) is 4.20. The molecule has 11 heavy (non-hydrogen) atoms. The minimum absolute atomic E-state index is 0.00521. The Morgan fingerprint density at radius 1 is 1.55 bits per heavy atom. The molecule has 1 spiro atoms. The van der Waals surface area contributed by atoms with Gasteiger partial charge in [0.15, 0.2) is 0 Å². The van der Waals surface area contributed by atoms with E-state index in [4.69, 9.17) is 0 Å². The number of rotatable bonds is 0. The number of likely N-dealkylation sites (tertiary alicyclic amines) is 1. The summed E-state index contributed by atoms with van der Waals surface area (Å²) in [4.78, 5) is 13.6. The molecular weight excluding hydrogens is 140 g/mol. The molecule has 0 aromatic heterocycles. The van der Waals surface area contributed by atoms with E-state index in [0.717, 1.165) is 32.5 Å². The van der Waals surface area contributed by atoms with Gasteiger partial charge in [0.1, 0.15) is 0 Å². The molecule has 2 heterocycles. The Labute approximate surface area is 66.8 Å². The molecule has 0 bridgehead atoms. The Balaban J connectivity index is 2.16. The smallest absolute Gasteiger partial charge is 0.227 e. The third kappa shape index (κ3) is 0.948. The van der Waals surface area contributed by atoms with Crippen LogP contribution in [0.4, 0.5) is 0 Å². The highest BCUT2D eigenvalue weighted by Crippen LogP contribution is 2.36. The van der Waals surface area contributed by atoms with Gasteiger partial charge in [-0.3, -0.25) is 4.79 Å². The van der Waals surface area contributed by atoms with E-state index >= 15 is 0 Å². The molecule has 0 radical (unpaired) electrons. The zero-order chi connectivity index (χ0) is 7.90. The van der Waals surface area contributed by atoms with Crippen LogP contribution in [-0.4, -0.2) is 37.5 Å². The third-order valence-corrected chi connectivity index (χ3v) is 2.92. The van der Waals surface area contributed by atoms with E-state index < -0.39 is 0 Å². The molecule has 3 heteroatoms. The average molecular weight is 154 g/mol. The maximum atomic E-state index is 11.4. The predicted octanol–water partition coefficient (Wildman–Crippen LogP) is -0.172. The second kappa shape index (κ2) is 2.21. The van der Waals surface area contributed by atoms with Crippen molar-refractivity contribution in [1.29, 1.82) is 0 Å². The van der Waals surface area contributed by atoms with Gasteiger partial charge in [-0.1, -0.05) is 0 Å². The fourth-order valence-electron chi connectivity index (χ4n) is 2.19. The summed E-state index contributed by atoms with van der Waals surface area (Å²) in [5, 5.41) is 2.91. The van der Waals surface area contributed by atoms with Crippen LogP contribution < -0.4 is 5.32 Å². The van der Waals surface area contributed by atoms with Gasteiger partial charge in [0.05, 0.1) is 5.41 Å². The van der Waals surface area contributed by atoms with Crippen LogP contribution in [0.25, 0.3) is 0 Å². The van der Waals surface area contributed by atoms with Gasteiger partial charge >= 0.3 is 0 Å². The van der Waals surface area contributed by atoms with Crippen molar-refractivity contribution in [1.82, 2.24) is 10.2 Å². The second-order valence-electron chi connectivity index (χ2n) is 3.77. The Bertz CT molecular complexity index is 193. The number of hydrogen-bond donors (Lipinski definition) is 1. The summed E-state index contributed by atoms with van der Waals surface area (Å²) in [5.74, 6) is 0.279. The van der Waals surface area contributed by atoms with E-state index in [1.54, 1.807) is 0 Å². The summed E-state index contributed by atoms with van der Waals surface area (Å²) in [6.07, 6.45) is 2.09. The summed E-state index contributed by atoms with van der Waals surface area (Å²) in [7, 11) is 2.08. The fraction of sp³-hybridized carbons (Fsp3) is 0.875. The molecule has 0 aromatic rings. The van der Waals surface area contributed by atoms with Crippen molar-refractivity contribution < 1.29 is 4.79 Å². The zero-order valence-electron chi connectivity index (χ0n) is 6.89. The van der Waals surface area contributed by atoms with E-state index in [1.807, 2.05) is 0 Å². The summed E-state index contributed by atoms with van der Waals surface area (Å²) in [6, 6.07) is 0. The van der Waals surface area contributed by atoms with Crippen molar-refractivity contribution in [2.45, 2.75) is 12.8 Å². The molecule has 0 saturated carbocycles. The van der Waals surface area contributed by atoms with Crippen molar-refractivity contribution >= 4 is 5.91 Å². The fourth-order valence-corrected chi connectivity index (χ4v) is 2.19. The molecule has 2 aliphatic heterocycles. The molecule has 2 fully saturated rings. The molecule has 3 nitrogen and oxygen atoms in total. The van der Waals surface area contributed by atoms with Gasteiger partial charge in [-0.25, -0.2) is 0 Å². The van der Waals surface area contributed by atoms with Crippen molar-refractivity contribution in [2.24, 2.45) is 5.41 Å². The highest BCUT2D eigenvalue weighted by atomic mass is 16.2. The van der Waals surface area contributed by atoms with Crippen LogP contribution in [0.1, 0.15) is 12.8 Å². The van der Waals surface area contributed by atoms with Gasteiger partial charge in [-0.2, -0.15) is 0 Å². The lowest BCUT2D eigenvalue weighted by Gasteiger charge is -2.18. The molecule has 2 aliphatic rings. The van der Waals surface area contributed by atoms with Crippen molar-refractivity contribution in [3.8, 4) is 0 Å². The molecule has 2 saturated heterocycles. The van der Waals surface area contributed by atoms with Crippen LogP contribution in [0.15, 0.2) is 0 Å². The largest absolute Gasteiger partial charge is 0.356 e. The lowest BCUT2D eigenvalue weighted by atomic mass is 9.86. The van der Waals surface area contributed by atoms with Gasteiger partial charge in [0.25, 0.3) is 0 Å². The Kier molecular flexibility index (Phi) is 1.42. The first-order chi connectivity index (χ1) is 5.23. The molecule has 0 aromatic carbocycles. The molecular formula is C8H14N2O. The van der Waals surface area contributed by atoms with Crippen LogP contribution in [0.3, 0.4) is 0 Å². The van der Waals surface area contributed by atoms with Gasteiger partial charge in [-0.15, -0.1) is 0 Å². The van der Waals surface area contributed by atoms with Crippen LogP contribution >= 0.6 is 0 Å². The molecule has 1 amide bonds. The van der Waals surface area contributed by atoms with Gasteiger partial charge in [0.2, 0.25) is 5.91 Å². The average Bonchev–Trinajstić information content (AvgIpc) is 2.46. The lowest BCUT2D eigenvalue weighted by Crippen LogP contribution is -2.33. The SMILES string of the molecule is CN1CCC2(CCNC2=O)C1. The zero-order valence-corrected chi connectivity index (χ0v) is 6.89. The molecule has 1 atom stereocenters. The predicted molar refractivity (Wildman–Crippen MR) is 42.2 cm³/mol. The molecule has 2 rings (SSSR count). The van der Waals surface area contributed by atoms with E-state index in [-0.39, 0.29) is 11.3 Å². The summed E-state index contributed by atoms with van der Waals surface area (Å²) < 4.78 is 0. The van der Waals surface area contributed by atoms with Crippen LogP contribution in [0.5, 0.6) is 0 Å². The number of amides is 1. The summed E-state index contributed by atoms with van der Waals surface area (Å²) in [6.45, 7) is 2.92. The van der Waals surface area contributed by atoms with Gasteiger partial charge < -0.3 is 10.2 Å². The Morgan fingerprint density at radius 2 is 2.36 bits per heavy atom. The minimum Gasteiger partial charge on any atom is -0.356 e. The Hall–Kier alpha value is -0.570. The number of nitrogens with one attached hydrogen (secondary N) is 1. The van der Waals surface area contributed by atoms with Gasteiger partial charge in [0, 0.05) is 13.1 Å². The molecule has 1 N–H and O–H groups in total. The van der Waals surface area contributed by atoms with E-state index in [1.165, 1.54) is 0 Å². The molecule has 1 unspecified atom stereocenters. The van der Waals surface area contributed by atoms with Crippen LogP contribution in [0.2, 0.25) is 0 Å². The maximum absolute atomic E-state index is 11.4. The summed E-state index contributed by atoms with van der Waals surface area (Å²) >= 11 is 0. The molecule has 62 valence electrons. The standard InChI is InChI=1S/C8H14N2O/c1-10-5-3-8(6-10)2-4-9-7(8)11/h2-6H2,1H3,(H,9,11). The number of carbonyl (C=O) groups excluding carboxylic acids is 1. The van der Waals surface area contributed by atoms with E-state index in [0.29, 0.717) is 0 Å². The quantitative estimate of drug-likeness (QED) is 0.525. The van der Waals surface area contributed by atoms with Crippen LogP contribution in [0, 0.1) is 5.41 Å². The summed E-state index contributed by atoms with van der Waals surface area (Å²) in [5.41, 5.74) is -0.00521. The van der Waals surface area contributed by atoms with E-state index in [9.17, 15) is 4.79 Å². The molecule has 0 aliphatic carbocycles. The number of hydrogen-bond acceptors (Lipinski definition) is 2. The van der Waals surface area contributed by atoms with Crippen molar-refractivity contribution in [2.75, 3.05) is 26.7 Å².